The van der Waals surface area contributed by atoms with Gasteiger partial charge in [0.2, 0.25) is 17.6 Å². The second-order valence-corrected chi connectivity index (χ2v) is 8.78. The van der Waals surface area contributed by atoms with Gasteiger partial charge in [-0.2, -0.15) is 4.98 Å². The Morgan fingerprint density at radius 2 is 1.72 bits per heavy atom. The van der Waals surface area contributed by atoms with Gasteiger partial charge in [-0.1, -0.05) is 28.9 Å². The zero-order valence-electron chi connectivity index (χ0n) is 19.8. The molecule has 0 aliphatic carbocycles. The van der Waals surface area contributed by atoms with Gasteiger partial charge in [-0.05, 0) is 56.3 Å². The van der Waals surface area contributed by atoms with Crippen LogP contribution in [-0.4, -0.2) is 60.2 Å². The Morgan fingerprint density at radius 1 is 1.06 bits per heavy atom. The number of carbonyl (C=O) groups is 3. The van der Waals surface area contributed by atoms with E-state index in [2.05, 4.69) is 20.4 Å². The van der Waals surface area contributed by atoms with Crippen molar-refractivity contribution in [2.75, 3.05) is 32.6 Å². The maximum absolute atomic E-state index is 12.9. The maximum Gasteiger partial charge on any atom is 0.337 e. The third-order valence-corrected chi connectivity index (χ3v) is 6.15. The number of halogens is 1. The summed E-state index contributed by atoms with van der Waals surface area (Å²) in [6.45, 7) is 1.82. The molecule has 1 aromatic heterocycles. The number of ether oxygens (including phenoxy) is 2. The van der Waals surface area contributed by atoms with Crippen molar-refractivity contribution in [2.24, 2.45) is 5.92 Å². The van der Waals surface area contributed by atoms with Crippen LogP contribution in [0, 0.1) is 5.92 Å². The molecule has 0 atom stereocenters. The molecule has 0 unspecified atom stereocenters. The zero-order valence-corrected chi connectivity index (χ0v) is 20.6. The Balaban J connectivity index is 1.34. The highest BCUT2D eigenvalue weighted by Gasteiger charge is 2.27. The molecule has 188 valence electrons. The Labute approximate surface area is 212 Å². The standard InChI is InChI=1S/C25H25ClN4O6/c1-34-24(32)17-10-18(25(33)35-2)13-20(12-17)27-23(31)15-6-8-30(9-7-15)14-21-28-22(29-36-21)16-4-3-5-19(26)11-16/h3-5,10-13,15H,6-9,14H2,1-2H3,(H,27,31). The molecule has 1 aliphatic heterocycles. The molecule has 3 aromatic rings. The van der Waals surface area contributed by atoms with Gasteiger partial charge in [0.1, 0.15) is 0 Å². The summed E-state index contributed by atoms with van der Waals surface area (Å²) in [7, 11) is 2.48. The summed E-state index contributed by atoms with van der Waals surface area (Å²) in [6, 6.07) is 11.5. The topological polar surface area (TPSA) is 124 Å². The number of rotatable bonds is 7. The average molecular weight is 513 g/mol. The number of methoxy groups -OCH3 is 2. The number of nitrogens with one attached hydrogen (secondary N) is 1. The number of amides is 1. The lowest BCUT2D eigenvalue weighted by atomic mass is 9.95. The number of nitrogens with zero attached hydrogens (tertiary/aromatic N) is 3. The van der Waals surface area contributed by atoms with Crippen molar-refractivity contribution in [3.8, 4) is 11.4 Å². The first kappa shape index (κ1) is 25.3. The molecule has 4 rings (SSSR count). The first-order valence-corrected chi connectivity index (χ1v) is 11.7. The number of hydrogen-bond donors (Lipinski definition) is 1. The number of likely N-dealkylation sites (tertiary alicyclic amines) is 1. The zero-order chi connectivity index (χ0) is 25.7. The van der Waals surface area contributed by atoms with Crippen molar-refractivity contribution in [1.82, 2.24) is 15.0 Å². The Hall–Kier alpha value is -3.76. The van der Waals surface area contributed by atoms with Crippen LogP contribution in [0.3, 0.4) is 0 Å². The van der Waals surface area contributed by atoms with Crippen LogP contribution in [0.4, 0.5) is 5.69 Å². The molecule has 1 aliphatic rings. The monoisotopic (exact) mass is 512 g/mol. The smallest absolute Gasteiger partial charge is 0.337 e. The van der Waals surface area contributed by atoms with Crippen LogP contribution >= 0.6 is 11.6 Å². The minimum atomic E-state index is -0.621. The SMILES string of the molecule is COC(=O)c1cc(NC(=O)C2CCN(Cc3nc(-c4cccc(Cl)c4)no3)CC2)cc(C(=O)OC)c1. The quantitative estimate of drug-likeness (QED) is 0.470. The van der Waals surface area contributed by atoms with E-state index in [4.69, 9.17) is 25.6 Å². The van der Waals surface area contributed by atoms with Crippen molar-refractivity contribution in [3.05, 3.63) is 64.5 Å². The molecule has 0 spiro atoms. The summed E-state index contributed by atoms with van der Waals surface area (Å²) < 4.78 is 14.9. The van der Waals surface area contributed by atoms with E-state index in [1.165, 1.54) is 32.4 Å². The highest BCUT2D eigenvalue weighted by atomic mass is 35.5. The molecule has 11 heteroatoms. The van der Waals surface area contributed by atoms with E-state index in [0.717, 1.165) is 5.56 Å². The van der Waals surface area contributed by atoms with Gasteiger partial charge in [0, 0.05) is 22.2 Å². The second-order valence-electron chi connectivity index (χ2n) is 8.34. The number of anilines is 1. The summed E-state index contributed by atoms with van der Waals surface area (Å²) in [5.41, 5.74) is 1.38. The lowest BCUT2D eigenvalue weighted by molar-refractivity contribution is -0.121. The number of aromatic nitrogens is 2. The molecule has 1 saturated heterocycles. The average Bonchev–Trinajstić information content (AvgIpc) is 3.36. The molecule has 1 amide bonds. The molecule has 36 heavy (non-hydrogen) atoms. The molecular weight excluding hydrogens is 488 g/mol. The summed E-state index contributed by atoms with van der Waals surface area (Å²) in [5.74, 6) is -0.693. The van der Waals surface area contributed by atoms with Crippen molar-refractivity contribution in [1.29, 1.82) is 0 Å². The predicted octanol–water partition coefficient (Wildman–Crippen LogP) is 3.81. The number of carbonyl (C=O) groups excluding carboxylic acids is 3. The van der Waals surface area contributed by atoms with E-state index >= 15 is 0 Å². The van der Waals surface area contributed by atoms with Crippen molar-refractivity contribution in [2.45, 2.75) is 19.4 Å². The summed E-state index contributed by atoms with van der Waals surface area (Å²) in [4.78, 5) is 43.5. The largest absolute Gasteiger partial charge is 0.465 e. The highest BCUT2D eigenvalue weighted by molar-refractivity contribution is 6.30. The fourth-order valence-corrected chi connectivity index (χ4v) is 4.21. The molecule has 10 nitrogen and oxygen atoms in total. The van der Waals surface area contributed by atoms with E-state index in [0.29, 0.717) is 54.9 Å². The number of piperidine rings is 1. The molecule has 1 fully saturated rings. The number of esters is 2. The van der Waals surface area contributed by atoms with Gasteiger partial charge in [0.25, 0.3) is 0 Å². The first-order chi connectivity index (χ1) is 17.4. The molecule has 1 N–H and O–H groups in total. The van der Waals surface area contributed by atoms with Gasteiger partial charge in [0.15, 0.2) is 0 Å². The van der Waals surface area contributed by atoms with Crippen LogP contribution in [0.5, 0.6) is 0 Å². The van der Waals surface area contributed by atoms with Gasteiger partial charge in [0.05, 0.1) is 31.9 Å². The molecular formula is C25H25ClN4O6. The van der Waals surface area contributed by atoms with E-state index in [9.17, 15) is 14.4 Å². The highest BCUT2D eigenvalue weighted by Crippen LogP contribution is 2.24. The molecule has 2 aromatic carbocycles. The fourth-order valence-electron chi connectivity index (χ4n) is 4.02. The van der Waals surface area contributed by atoms with Crippen LogP contribution in [0.15, 0.2) is 47.0 Å². The van der Waals surface area contributed by atoms with Crippen molar-refractivity contribution < 1.29 is 28.4 Å². The summed E-state index contributed by atoms with van der Waals surface area (Å²) in [5, 5.41) is 7.44. The van der Waals surface area contributed by atoms with E-state index in [-0.39, 0.29) is 23.0 Å². The van der Waals surface area contributed by atoms with Crippen molar-refractivity contribution in [3.63, 3.8) is 0 Å². The summed E-state index contributed by atoms with van der Waals surface area (Å²) in [6.07, 6.45) is 1.25. The van der Waals surface area contributed by atoms with Crippen LogP contribution in [0.2, 0.25) is 5.02 Å². The fraction of sp³-hybridized carbons (Fsp3) is 0.320. The molecule has 2 heterocycles. The van der Waals surface area contributed by atoms with Crippen LogP contribution in [0.25, 0.3) is 11.4 Å². The van der Waals surface area contributed by atoms with Crippen LogP contribution < -0.4 is 5.32 Å². The van der Waals surface area contributed by atoms with Gasteiger partial charge >= 0.3 is 11.9 Å². The Bertz CT molecular complexity index is 1230. The maximum atomic E-state index is 12.9. The summed E-state index contributed by atoms with van der Waals surface area (Å²) >= 11 is 6.04. The third kappa shape index (κ3) is 6.07. The van der Waals surface area contributed by atoms with E-state index in [1.807, 2.05) is 12.1 Å². The van der Waals surface area contributed by atoms with E-state index < -0.39 is 11.9 Å². The van der Waals surface area contributed by atoms with Gasteiger partial charge in [-0.3, -0.25) is 9.69 Å². The first-order valence-electron chi connectivity index (χ1n) is 11.3. The second kappa shape index (κ2) is 11.3. The van der Waals surface area contributed by atoms with E-state index in [1.54, 1.807) is 12.1 Å². The minimum absolute atomic E-state index is 0.141. The molecule has 0 saturated carbocycles. The molecule has 0 bridgehead atoms. The van der Waals surface area contributed by atoms with Crippen LogP contribution in [0.1, 0.15) is 39.4 Å². The Kier molecular flexibility index (Phi) is 7.97. The lowest BCUT2D eigenvalue weighted by Gasteiger charge is -2.30. The van der Waals surface area contributed by atoms with Gasteiger partial charge in [-0.15, -0.1) is 0 Å². The normalized spacial score (nSPS) is 14.3. The third-order valence-electron chi connectivity index (χ3n) is 5.91. The van der Waals surface area contributed by atoms with Gasteiger partial charge in [-0.25, -0.2) is 9.59 Å². The predicted molar refractivity (Wildman–Crippen MR) is 130 cm³/mol. The lowest BCUT2D eigenvalue weighted by Crippen LogP contribution is -2.37. The van der Waals surface area contributed by atoms with Gasteiger partial charge < -0.3 is 19.3 Å². The van der Waals surface area contributed by atoms with Crippen molar-refractivity contribution >= 4 is 35.1 Å². The Morgan fingerprint density at radius 3 is 2.33 bits per heavy atom. The minimum Gasteiger partial charge on any atom is -0.465 e. The number of benzene rings is 2. The molecule has 0 radical (unpaired) electrons. The van der Waals surface area contributed by atoms with Crippen LogP contribution in [-0.2, 0) is 20.8 Å². The number of hydrogen-bond acceptors (Lipinski definition) is 9.